The zero-order valence-electron chi connectivity index (χ0n) is 23.2. The Balaban J connectivity index is 0.00000213. The van der Waals surface area contributed by atoms with E-state index in [0.29, 0.717) is 47.4 Å². The molecule has 0 spiro atoms. The van der Waals surface area contributed by atoms with Crippen molar-refractivity contribution in [1.29, 1.82) is 0 Å². The highest BCUT2D eigenvalue weighted by Crippen LogP contribution is 2.24. The molecule has 3 rings (SSSR count). The van der Waals surface area contributed by atoms with Gasteiger partial charge in [0.25, 0.3) is 5.91 Å². The van der Waals surface area contributed by atoms with Crippen LogP contribution >= 0.6 is 35.8 Å². The molecule has 38 heavy (non-hydrogen) atoms. The molecule has 4 nitrogen and oxygen atoms in total. The molecule has 1 heterocycles. The summed E-state index contributed by atoms with van der Waals surface area (Å²) >= 11 is 15.3. The predicted octanol–water partition coefficient (Wildman–Crippen LogP) is 9.12. The highest BCUT2D eigenvalue weighted by molar-refractivity contribution is 7.79. The maximum atomic E-state index is 13.2. The summed E-state index contributed by atoms with van der Waals surface area (Å²) in [4.78, 5) is 20.0. The van der Waals surface area contributed by atoms with Crippen molar-refractivity contribution in [2.75, 3.05) is 41.3 Å². The molecule has 0 fully saturated rings. The van der Waals surface area contributed by atoms with E-state index in [4.69, 9.17) is 23.2 Å². The highest BCUT2D eigenvalue weighted by Gasteiger charge is 2.14. The van der Waals surface area contributed by atoms with Crippen LogP contribution in [-0.4, -0.2) is 42.0 Å². The Labute approximate surface area is 244 Å². The average Bonchev–Trinajstić information content (AvgIpc) is 2.98. The largest absolute Gasteiger partial charge is 0.369 e. The quantitative estimate of drug-likeness (QED) is 0.144. The minimum atomic E-state index is -0.212. The van der Waals surface area contributed by atoms with Crippen molar-refractivity contribution in [1.82, 2.24) is 4.98 Å². The van der Waals surface area contributed by atoms with Gasteiger partial charge in [-0.2, -0.15) is 12.6 Å². The maximum Gasteiger partial charge on any atom is 0.256 e. The second kappa shape index (κ2) is 21.2. The number of halogens is 2. The molecule has 206 valence electrons. The number of aromatic nitrogens is 1. The molecular weight excluding hydrogens is 533 g/mol. The van der Waals surface area contributed by atoms with Crippen LogP contribution in [0.4, 0.5) is 11.4 Å². The molecule has 1 N–H and O–H groups in total. The molecule has 7 heteroatoms. The van der Waals surface area contributed by atoms with Crippen LogP contribution in [0, 0.1) is 0 Å². The number of thiol groups is 1. The number of pyridine rings is 1. The Hall–Kier alpha value is -2.73. The van der Waals surface area contributed by atoms with Gasteiger partial charge in [0.15, 0.2) is 0 Å². The lowest BCUT2D eigenvalue weighted by molar-refractivity contribution is 0.102. The lowest BCUT2D eigenvalue weighted by atomic mass is 10.0. The third-order valence-corrected chi connectivity index (χ3v) is 5.26. The number of amides is 1. The van der Waals surface area contributed by atoms with Crippen LogP contribution in [0.25, 0.3) is 16.5 Å². The van der Waals surface area contributed by atoms with Crippen LogP contribution in [-0.2, 0) is 0 Å². The molecular formula is C31H41Cl2N3OS. The lowest BCUT2D eigenvalue weighted by Crippen LogP contribution is -2.27. The zero-order chi connectivity index (χ0) is 28.9. The number of alkyl halides is 2. The number of anilines is 2. The van der Waals surface area contributed by atoms with Crippen LogP contribution in [0.15, 0.2) is 86.0 Å². The highest BCUT2D eigenvalue weighted by atomic mass is 35.5. The second-order valence-electron chi connectivity index (χ2n) is 7.06. The van der Waals surface area contributed by atoms with Gasteiger partial charge in [0.1, 0.15) is 0 Å². The van der Waals surface area contributed by atoms with E-state index in [-0.39, 0.29) is 5.91 Å². The topological polar surface area (TPSA) is 45.2 Å². The van der Waals surface area contributed by atoms with Crippen LogP contribution in [0.5, 0.6) is 0 Å². The number of allylic oxidation sites excluding steroid dienone is 4. The Bertz CT molecular complexity index is 1140. The zero-order valence-corrected chi connectivity index (χ0v) is 25.6. The number of para-hydroxylation sites is 1. The molecule has 0 saturated heterocycles. The lowest BCUT2D eigenvalue weighted by Gasteiger charge is -2.23. The smallest absolute Gasteiger partial charge is 0.256 e. The SMILES string of the molecule is C=C/C=C\C(=C)c1cc(C(=O)Nc2ccc(N(CCCl)CCCl)cc2)c2ccccc2n1.CC.CC.CS. The number of nitrogens with one attached hydrogen (secondary N) is 1. The van der Waals surface area contributed by atoms with Gasteiger partial charge in [-0.15, -0.1) is 23.2 Å². The van der Waals surface area contributed by atoms with Crippen molar-refractivity contribution >= 4 is 69.6 Å². The number of benzene rings is 2. The molecule has 3 aromatic rings. The second-order valence-corrected chi connectivity index (χ2v) is 7.81. The summed E-state index contributed by atoms with van der Waals surface area (Å²) in [6, 6.07) is 17.0. The Morgan fingerprint density at radius 1 is 1.00 bits per heavy atom. The van der Waals surface area contributed by atoms with E-state index in [0.717, 1.165) is 16.6 Å². The predicted molar refractivity (Wildman–Crippen MR) is 176 cm³/mol. The van der Waals surface area contributed by atoms with E-state index < -0.39 is 0 Å². The maximum absolute atomic E-state index is 13.2. The summed E-state index contributed by atoms with van der Waals surface area (Å²) in [5.41, 5.74) is 4.31. The number of fused-ring (bicyclic) bond motifs is 1. The Kier molecular flexibility index (Phi) is 19.7. The molecule has 0 aliphatic rings. The van der Waals surface area contributed by atoms with Crippen molar-refractivity contribution in [3.05, 3.63) is 97.2 Å². The molecule has 0 aliphatic carbocycles. The summed E-state index contributed by atoms with van der Waals surface area (Å²) < 4.78 is 0. The van der Waals surface area contributed by atoms with Gasteiger partial charge in [0, 0.05) is 41.6 Å². The van der Waals surface area contributed by atoms with Crippen molar-refractivity contribution in [2.24, 2.45) is 0 Å². The number of hydrogen-bond donors (Lipinski definition) is 2. The van der Waals surface area contributed by atoms with Gasteiger partial charge >= 0.3 is 0 Å². The fourth-order valence-electron chi connectivity index (χ4n) is 3.33. The van der Waals surface area contributed by atoms with Gasteiger partial charge < -0.3 is 10.2 Å². The van der Waals surface area contributed by atoms with Gasteiger partial charge in [-0.3, -0.25) is 4.79 Å². The monoisotopic (exact) mass is 573 g/mol. The van der Waals surface area contributed by atoms with E-state index in [1.54, 1.807) is 24.5 Å². The summed E-state index contributed by atoms with van der Waals surface area (Å²) in [5.74, 6) is 0.816. The summed E-state index contributed by atoms with van der Waals surface area (Å²) in [6.07, 6.45) is 6.97. The first-order valence-electron chi connectivity index (χ1n) is 12.7. The van der Waals surface area contributed by atoms with Crippen LogP contribution < -0.4 is 10.2 Å². The summed E-state index contributed by atoms with van der Waals surface area (Å²) in [6.45, 7) is 17.1. The fraction of sp³-hybridized carbons (Fsp3) is 0.290. The minimum Gasteiger partial charge on any atom is -0.369 e. The van der Waals surface area contributed by atoms with E-state index in [1.807, 2.05) is 82.3 Å². The van der Waals surface area contributed by atoms with Crippen LogP contribution in [0.2, 0.25) is 0 Å². The number of rotatable bonds is 10. The standard InChI is InChI=1S/C26H25Cl2N3O.2C2H6.CH4S/c1-3-4-7-19(2)25-18-23(22-8-5-6-9-24(22)30-25)26(32)29-20-10-12-21(13-11-20)31(16-14-27)17-15-28;3*1-2/h3-13,18H,1-2,14-17H2,(H,29,32);2*1-2H3;2H,1H3/b7-4-;;;. The summed E-state index contributed by atoms with van der Waals surface area (Å²) in [5, 5.41) is 3.77. The molecule has 0 radical (unpaired) electrons. The number of nitrogens with zero attached hydrogens (tertiary/aromatic N) is 2. The van der Waals surface area contributed by atoms with E-state index in [9.17, 15) is 4.79 Å². The third kappa shape index (κ3) is 10.9. The average molecular weight is 575 g/mol. The van der Waals surface area contributed by atoms with E-state index >= 15 is 0 Å². The molecule has 2 aromatic carbocycles. The minimum absolute atomic E-state index is 0.212. The van der Waals surface area contributed by atoms with Crippen LogP contribution in [0.3, 0.4) is 0 Å². The summed E-state index contributed by atoms with van der Waals surface area (Å²) in [7, 11) is 0. The first-order valence-corrected chi connectivity index (χ1v) is 14.6. The number of hydrogen-bond acceptors (Lipinski definition) is 4. The number of carbonyl (C=O) groups is 1. The van der Waals surface area contributed by atoms with Gasteiger partial charge in [0.05, 0.1) is 16.8 Å². The molecule has 0 bridgehead atoms. The van der Waals surface area contributed by atoms with Gasteiger partial charge in [0.2, 0.25) is 0 Å². The first-order chi connectivity index (χ1) is 18.6. The van der Waals surface area contributed by atoms with Gasteiger partial charge in [-0.05, 0) is 48.2 Å². The molecule has 0 saturated carbocycles. The van der Waals surface area contributed by atoms with Crippen LogP contribution in [0.1, 0.15) is 43.7 Å². The molecule has 0 aliphatic heterocycles. The third-order valence-electron chi connectivity index (χ3n) is 4.92. The van der Waals surface area contributed by atoms with Crippen molar-refractivity contribution < 1.29 is 4.79 Å². The molecule has 0 unspecified atom stereocenters. The van der Waals surface area contributed by atoms with E-state index in [2.05, 4.69) is 41.0 Å². The Morgan fingerprint density at radius 2 is 1.58 bits per heavy atom. The fourth-order valence-corrected chi connectivity index (χ4v) is 3.73. The molecule has 1 amide bonds. The van der Waals surface area contributed by atoms with Crippen molar-refractivity contribution in [3.8, 4) is 0 Å². The van der Waals surface area contributed by atoms with Crippen molar-refractivity contribution in [3.63, 3.8) is 0 Å². The van der Waals surface area contributed by atoms with E-state index in [1.165, 1.54) is 0 Å². The normalized spacial score (nSPS) is 9.68. The van der Waals surface area contributed by atoms with Gasteiger partial charge in [-0.25, -0.2) is 4.98 Å². The molecule has 0 atom stereocenters. The number of carbonyl (C=O) groups excluding carboxylic acids is 1. The first kappa shape index (κ1) is 35.3. The molecule has 1 aromatic heterocycles. The van der Waals surface area contributed by atoms with Crippen molar-refractivity contribution in [2.45, 2.75) is 27.7 Å². The Morgan fingerprint density at radius 3 is 2.13 bits per heavy atom. The van der Waals surface area contributed by atoms with Gasteiger partial charge in [-0.1, -0.05) is 77.3 Å².